The number of rotatable bonds is 4. The van der Waals surface area contributed by atoms with Gasteiger partial charge in [-0.3, -0.25) is 9.59 Å². The molecule has 124 valence electrons. The number of benzene rings is 1. The molecule has 0 bridgehead atoms. The molecule has 24 heavy (non-hydrogen) atoms. The van der Waals surface area contributed by atoms with Crippen LogP contribution in [-0.4, -0.2) is 34.9 Å². The Hall–Kier alpha value is -2.67. The van der Waals surface area contributed by atoms with E-state index in [0.717, 1.165) is 0 Å². The fourth-order valence-electron chi connectivity index (χ4n) is 2.75. The minimum Gasteiger partial charge on any atom is -0.467 e. The fourth-order valence-corrected chi connectivity index (χ4v) is 2.94. The molecule has 1 aromatic heterocycles. The van der Waals surface area contributed by atoms with Gasteiger partial charge in [0.05, 0.1) is 24.9 Å². The Bertz CT molecular complexity index is 746. The smallest absolute Gasteiger partial charge is 0.257 e. The van der Waals surface area contributed by atoms with Crippen LogP contribution >= 0.6 is 12.2 Å². The van der Waals surface area contributed by atoms with Crippen LogP contribution in [0.3, 0.4) is 0 Å². The van der Waals surface area contributed by atoms with Crippen LogP contribution < -0.4 is 10.2 Å². The van der Waals surface area contributed by atoms with E-state index in [1.54, 1.807) is 48.5 Å². The summed E-state index contributed by atoms with van der Waals surface area (Å²) in [5, 5.41) is 3.27. The SMILES string of the molecule is CNC(=S)N(Cc1ccco1)[C@H]1CC(=O)N(c2ccccc2)C1=O. The summed E-state index contributed by atoms with van der Waals surface area (Å²) in [7, 11) is 1.69. The van der Waals surface area contributed by atoms with E-state index in [9.17, 15) is 9.59 Å². The Morgan fingerprint density at radius 3 is 2.67 bits per heavy atom. The van der Waals surface area contributed by atoms with E-state index in [4.69, 9.17) is 16.6 Å². The third-order valence-corrected chi connectivity index (χ3v) is 4.33. The van der Waals surface area contributed by atoms with E-state index < -0.39 is 6.04 Å². The van der Waals surface area contributed by atoms with Gasteiger partial charge >= 0.3 is 0 Å². The van der Waals surface area contributed by atoms with E-state index in [1.165, 1.54) is 4.90 Å². The largest absolute Gasteiger partial charge is 0.467 e. The van der Waals surface area contributed by atoms with Crippen molar-refractivity contribution in [2.45, 2.75) is 19.0 Å². The molecule has 2 aromatic rings. The van der Waals surface area contributed by atoms with Gasteiger partial charge in [0.25, 0.3) is 5.91 Å². The number of thiocarbonyl (C=S) groups is 1. The van der Waals surface area contributed by atoms with Crippen molar-refractivity contribution in [2.24, 2.45) is 0 Å². The molecule has 1 saturated heterocycles. The number of furan rings is 1. The number of imide groups is 1. The number of hydrogen-bond donors (Lipinski definition) is 1. The Balaban J connectivity index is 1.87. The van der Waals surface area contributed by atoms with Crippen LogP contribution in [0.4, 0.5) is 5.69 Å². The molecule has 1 fully saturated rings. The van der Waals surface area contributed by atoms with Crippen molar-refractivity contribution in [3.63, 3.8) is 0 Å². The molecular weight excluding hydrogens is 326 g/mol. The van der Waals surface area contributed by atoms with E-state index in [0.29, 0.717) is 23.1 Å². The first kappa shape index (κ1) is 16.2. The van der Waals surface area contributed by atoms with E-state index in [1.807, 2.05) is 12.1 Å². The summed E-state index contributed by atoms with van der Waals surface area (Å²) < 4.78 is 5.35. The van der Waals surface area contributed by atoms with Gasteiger partial charge in [-0.1, -0.05) is 18.2 Å². The number of para-hydroxylation sites is 1. The Labute approximate surface area is 145 Å². The highest BCUT2D eigenvalue weighted by atomic mass is 32.1. The number of carbonyl (C=O) groups excluding carboxylic acids is 2. The van der Waals surface area contributed by atoms with Gasteiger partial charge in [0, 0.05) is 7.05 Å². The lowest BCUT2D eigenvalue weighted by Crippen LogP contribution is -2.48. The maximum atomic E-state index is 12.9. The average Bonchev–Trinajstić information content (AvgIpc) is 3.20. The molecule has 6 nitrogen and oxygen atoms in total. The number of nitrogens with zero attached hydrogens (tertiary/aromatic N) is 2. The first-order chi connectivity index (χ1) is 11.6. The summed E-state index contributed by atoms with van der Waals surface area (Å²) in [4.78, 5) is 28.2. The van der Waals surface area contributed by atoms with Crippen LogP contribution in [0.2, 0.25) is 0 Å². The molecular formula is C17H17N3O3S. The van der Waals surface area contributed by atoms with Gasteiger partial charge in [-0.05, 0) is 36.5 Å². The van der Waals surface area contributed by atoms with Crippen molar-refractivity contribution in [2.75, 3.05) is 11.9 Å². The van der Waals surface area contributed by atoms with Gasteiger partial charge in [0.2, 0.25) is 5.91 Å². The van der Waals surface area contributed by atoms with Crippen LogP contribution in [0.25, 0.3) is 0 Å². The standard InChI is InChI=1S/C17H17N3O3S/c1-18-17(24)19(11-13-8-5-9-23-13)14-10-15(21)20(16(14)22)12-6-3-2-4-7-12/h2-9,14H,10-11H2,1H3,(H,18,24)/t14-/m0/s1. The van der Waals surface area contributed by atoms with Crippen LogP contribution in [0.1, 0.15) is 12.2 Å². The van der Waals surface area contributed by atoms with Crippen molar-refractivity contribution in [3.05, 3.63) is 54.5 Å². The number of amides is 2. The zero-order chi connectivity index (χ0) is 17.1. The molecule has 0 aliphatic carbocycles. The first-order valence-corrected chi connectivity index (χ1v) is 7.95. The zero-order valence-corrected chi connectivity index (χ0v) is 14.0. The summed E-state index contributed by atoms with van der Waals surface area (Å²) in [5.74, 6) is 0.154. The molecule has 1 N–H and O–H groups in total. The van der Waals surface area contributed by atoms with Gasteiger partial charge < -0.3 is 14.6 Å². The summed E-state index contributed by atoms with van der Waals surface area (Å²) in [6.45, 7) is 0.318. The molecule has 1 aromatic carbocycles. The molecule has 0 spiro atoms. The van der Waals surface area contributed by atoms with Crippen molar-refractivity contribution >= 4 is 34.8 Å². The lowest BCUT2D eigenvalue weighted by Gasteiger charge is -2.28. The summed E-state index contributed by atoms with van der Waals surface area (Å²) in [5.41, 5.74) is 0.573. The number of carbonyl (C=O) groups is 2. The lowest BCUT2D eigenvalue weighted by molar-refractivity contribution is -0.122. The second kappa shape index (κ2) is 6.84. The molecule has 0 unspecified atom stereocenters. The van der Waals surface area contributed by atoms with E-state index in [-0.39, 0.29) is 18.2 Å². The Morgan fingerprint density at radius 1 is 1.29 bits per heavy atom. The van der Waals surface area contributed by atoms with Crippen LogP contribution in [0.15, 0.2) is 53.1 Å². The van der Waals surface area contributed by atoms with E-state index in [2.05, 4.69) is 5.32 Å². The van der Waals surface area contributed by atoms with E-state index >= 15 is 0 Å². The minimum atomic E-state index is -0.650. The van der Waals surface area contributed by atoms with Gasteiger partial charge in [-0.2, -0.15) is 0 Å². The molecule has 0 saturated carbocycles. The fraction of sp³-hybridized carbons (Fsp3) is 0.235. The van der Waals surface area contributed by atoms with Crippen LogP contribution in [0.5, 0.6) is 0 Å². The molecule has 2 amide bonds. The number of anilines is 1. The first-order valence-electron chi connectivity index (χ1n) is 7.54. The number of hydrogen-bond acceptors (Lipinski definition) is 4. The lowest BCUT2D eigenvalue weighted by atomic mass is 10.2. The second-order valence-electron chi connectivity index (χ2n) is 5.39. The third-order valence-electron chi connectivity index (χ3n) is 3.89. The summed E-state index contributed by atoms with van der Waals surface area (Å²) in [6.07, 6.45) is 1.64. The second-order valence-corrected chi connectivity index (χ2v) is 5.77. The molecule has 0 radical (unpaired) electrons. The molecule has 1 aliphatic rings. The predicted octanol–water partition coefficient (Wildman–Crippen LogP) is 1.92. The molecule has 7 heteroatoms. The summed E-state index contributed by atoms with van der Waals surface area (Å²) in [6, 6.07) is 11.8. The highest BCUT2D eigenvalue weighted by Crippen LogP contribution is 2.26. The van der Waals surface area contributed by atoms with Gasteiger partial charge in [-0.25, -0.2) is 4.90 Å². The Morgan fingerprint density at radius 2 is 2.04 bits per heavy atom. The highest BCUT2D eigenvalue weighted by molar-refractivity contribution is 7.80. The van der Waals surface area contributed by atoms with Gasteiger partial charge in [0.1, 0.15) is 11.8 Å². The van der Waals surface area contributed by atoms with Gasteiger partial charge in [0.15, 0.2) is 5.11 Å². The van der Waals surface area contributed by atoms with Crippen molar-refractivity contribution in [1.82, 2.24) is 10.2 Å². The van der Waals surface area contributed by atoms with Gasteiger partial charge in [-0.15, -0.1) is 0 Å². The normalized spacial score (nSPS) is 17.2. The number of nitrogens with one attached hydrogen (secondary N) is 1. The molecule has 1 atom stereocenters. The molecule has 1 aliphatic heterocycles. The van der Waals surface area contributed by atoms with Crippen molar-refractivity contribution in [1.29, 1.82) is 0 Å². The third kappa shape index (κ3) is 3.03. The predicted molar refractivity (Wildman–Crippen MR) is 93.2 cm³/mol. The molecule has 2 heterocycles. The quantitative estimate of drug-likeness (QED) is 0.676. The van der Waals surface area contributed by atoms with Crippen LogP contribution in [0, 0.1) is 0 Å². The average molecular weight is 343 g/mol. The maximum absolute atomic E-state index is 12.9. The van der Waals surface area contributed by atoms with Crippen molar-refractivity contribution in [3.8, 4) is 0 Å². The summed E-state index contributed by atoms with van der Waals surface area (Å²) >= 11 is 5.32. The Kier molecular flexibility index (Phi) is 4.61. The molecule has 3 rings (SSSR count). The van der Waals surface area contributed by atoms with Crippen molar-refractivity contribution < 1.29 is 14.0 Å². The topological polar surface area (TPSA) is 65.8 Å². The maximum Gasteiger partial charge on any atom is 0.257 e. The monoisotopic (exact) mass is 343 g/mol. The van der Waals surface area contributed by atoms with Crippen LogP contribution in [-0.2, 0) is 16.1 Å². The minimum absolute atomic E-state index is 0.0796. The highest BCUT2D eigenvalue weighted by Gasteiger charge is 2.43. The zero-order valence-electron chi connectivity index (χ0n) is 13.1.